The molecule has 1 aromatic carbocycles. The molecule has 0 amide bonds. The highest BCUT2D eigenvalue weighted by Gasteiger charge is 2.17. The van der Waals surface area contributed by atoms with Gasteiger partial charge in [0.25, 0.3) is 0 Å². The Balaban J connectivity index is 2.20. The third-order valence-electron chi connectivity index (χ3n) is 3.59. The second-order valence-corrected chi connectivity index (χ2v) is 4.74. The lowest BCUT2D eigenvalue weighted by Gasteiger charge is -2.23. The lowest BCUT2D eigenvalue weighted by molar-refractivity contribution is 0.444. The topological polar surface area (TPSA) is 43.8 Å². The predicted octanol–water partition coefficient (Wildman–Crippen LogP) is 3.01. The van der Waals surface area contributed by atoms with Gasteiger partial charge in [-0.15, -0.1) is 0 Å². The summed E-state index contributed by atoms with van der Waals surface area (Å²) in [5.74, 6) is 1.00. The van der Waals surface area contributed by atoms with Crippen LogP contribution in [0.4, 0.5) is 0 Å². The van der Waals surface area contributed by atoms with Gasteiger partial charge in [0.2, 0.25) is 0 Å². The van der Waals surface area contributed by atoms with Gasteiger partial charge in [-0.2, -0.15) is 0 Å². The first-order valence-electron chi connectivity index (χ1n) is 6.47. The third kappa shape index (κ3) is 2.46. The number of aryl methyl sites for hydroxylation is 2. The van der Waals surface area contributed by atoms with E-state index in [1.165, 1.54) is 11.1 Å². The first kappa shape index (κ1) is 12.8. The zero-order valence-electron chi connectivity index (χ0n) is 11.3. The number of aromatic nitrogens is 2. The second kappa shape index (κ2) is 5.36. The lowest BCUT2D eigenvalue weighted by atomic mass is 9.99. The van der Waals surface area contributed by atoms with Gasteiger partial charge in [-0.25, -0.2) is 4.98 Å². The van der Waals surface area contributed by atoms with E-state index in [2.05, 4.69) is 47.7 Å². The number of nitrogens with zero attached hydrogens (tertiary/aromatic N) is 2. The van der Waals surface area contributed by atoms with Crippen molar-refractivity contribution in [1.82, 2.24) is 9.55 Å². The minimum absolute atomic E-state index is 0.0104. The van der Waals surface area contributed by atoms with Gasteiger partial charge in [0.05, 0.1) is 12.1 Å². The van der Waals surface area contributed by atoms with Crippen molar-refractivity contribution in [3.05, 3.63) is 53.6 Å². The Kier molecular flexibility index (Phi) is 3.82. The van der Waals surface area contributed by atoms with Crippen molar-refractivity contribution in [2.45, 2.75) is 39.3 Å². The normalized spacial score (nSPS) is 14.4. The van der Waals surface area contributed by atoms with Gasteiger partial charge in [0, 0.05) is 12.4 Å². The molecule has 3 nitrogen and oxygen atoms in total. The van der Waals surface area contributed by atoms with Gasteiger partial charge in [0.15, 0.2) is 0 Å². The zero-order valence-corrected chi connectivity index (χ0v) is 11.3. The Hall–Kier alpha value is -1.61. The first-order chi connectivity index (χ1) is 8.63. The van der Waals surface area contributed by atoms with E-state index in [0.29, 0.717) is 0 Å². The molecule has 2 rings (SSSR count). The SMILES string of the molecule is CCc1ccc(C(N)C(C)n2ccnc2C)cc1. The number of imidazole rings is 1. The quantitative estimate of drug-likeness (QED) is 0.897. The molecular weight excluding hydrogens is 222 g/mol. The summed E-state index contributed by atoms with van der Waals surface area (Å²) in [6, 6.07) is 8.77. The van der Waals surface area contributed by atoms with Crippen LogP contribution in [0.25, 0.3) is 0 Å². The maximum absolute atomic E-state index is 6.34. The highest BCUT2D eigenvalue weighted by atomic mass is 15.1. The number of benzene rings is 1. The van der Waals surface area contributed by atoms with Crippen molar-refractivity contribution < 1.29 is 0 Å². The number of rotatable bonds is 4. The molecule has 0 radical (unpaired) electrons. The van der Waals surface area contributed by atoms with Crippen LogP contribution in [0.1, 0.15) is 42.9 Å². The molecule has 0 fully saturated rings. The standard InChI is InChI=1S/C15H21N3/c1-4-13-5-7-14(8-6-13)15(16)11(2)18-10-9-17-12(18)3/h5-11,15H,4,16H2,1-3H3. The minimum Gasteiger partial charge on any atom is -0.330 e. The van der Waals surface area contributed by atoms with Crippen LogP contribution in [0.2, 0.25) is 0 Å². The molecule has 2 aromatic rings. The Morgan fingerprint density at radius 3 is 2.44 bits per heavy atom. The average Bonchev–Trinajstić information content (AvgIpc) is 2.83. The monoisotopic (exact) mass is 243 g/mol. The van der Waals surface area contributed by atoms with Crippen LogP contribution in [0.15, 0.2) is 36.7 Å². The maximum atomic E-state index is 6.34. The van der Waals surface area contributed by atoms with E-state index < -0.39 is 0 Å². The van der Waals surface area contributed by atoms with Gasteiger partial charge >= 0.3 is 0 Å². The summed E-state index contributed by atoms with van der Waals surface area (Å²) in [4.78, 5) is 4.25. The molecule has 3 heteroatoms. The summed E-state index contributed by atoms with van der Waals surface area (Å²) in [6.07, 6.45) is 4.87. The molecule has 0 bridgehead atoms. The molecule has 0 aliphatic heterocycles. The van der Waals surface area contributed by atoms with E-state index in [4.69, 9.17) is 5.73 Å². The third-order valence-corrected chi connectivity index (χ3v) is 3.59. The van der Waals surface area contributed by atoms with Gasteiger partial charge in [0.1, 0.15) is 5.82 Å². The summed E-state index contributed by atoms with van der Waals surface area (Å²) < 4.78 is 2.12. The zero-order chi connectivity index (χ0) is 13.1. The molecule has 1 aromatic heterocycles. The molecule has 96 valence electrons. The Morgan fingerprint density at radius 2 is 1.94 bits per heavy atom. The summed E-state index contributed by atoms with van der Waals surface area (Å²) in [6.45, 7) is 6.29. The molecular formula is C15H21N3. The maximum Gasteiger partial charge on any atom is 0.105 e. The Morgan fingerprint density at radius 1 is 1.28 bits per heavy atom. The smallest absolute Gasteiger partial charge is 0.105 e. The fourth-order valence-electron chi connectivity index (χ4n) is 2.25. The molecule has 18 heavy (non-hydrogen) atoms. The molecule has 2 atom stereocenters. The van der Waals surface area contributed by atoms with E-state index in [1.807, 2.05) is 19.3 Å². The van der Waals surface area contributed by atoms with E-state index in [0.717, 1.165) is 12.2 Å². The van der Waals surface area contributed by atoms with Crippen LogP contribution < -0.4 is 5.73 Å². The van der Waals surface area contributed by atoms with Gasteiger partial charge in [-0.1, -0.05) is 31.2 Å². The Labute approximate surface area is 109 Å². The van der Waals surface area contributed by atoms with Gasteiger partial charge in [-0.05, 0) is 31.4 Å². The lowest BCUT2D eigenvalue weighted by Crippen LogP contribution is -2.22. The fourth-order valence-corrected chi connectivity index (χ4v) is 2.25. The second-order valence-electron chi connectivity index (χ2n) is 4.74. The van der Waals surface area contributed by atoms with Crippen LogP contribution in [0.5, 0.6) is 0 Å². The molecule has 2 N–H and O–H groups in total. The van der Waals surface area contributed by atoms with Crippen molar-refractivity contribution in [1.29, 1.82) is 0 Å². The van der Waals surface area contributed by atoms with Crippen LogP contribution in [-0.2, 0) is 6.42 Å². The largest absolute Gasteiger partial charge is 0.330 e. The van der Waals surface area contributed by atoms with Crippen LogP contribution >= 0.6 is 0 Å². The highest BCUT2D eigenvalue weighted by Crippen LogP contribution is 2.24. The summed E-state index contributed by atoms with van der Waals surface area (Å²) >= 11 is 0. The van der Waals surface area contributed by atoms with Gasteiger partial charge in [-0.3, -0.25) is 0 Å². The molecule has 0 saturated heterocycles. The van der Waals surface area contributed by atoms with Crippen LogP contribution in [-0.4, -0.2) is 9.55 Å². The average molecular weight is 243 g/mol. The first-order valence-corrected chi connectivity index (χ1v) is 6.47. The van der Waals surface area contributed by atoms with E-state index in [9.17, 15) is 0 Å². The van der Waals surface area contributed by atoms with Crippen LogP contribution in [0, 0.1) is 6.92 Å². The minimum atomic E-state index is -0.0104. The van der Waals surface area contributed by atoms with Crippen molar-refractivity contribution in [2.24, 2.45) is 5.73 Å². The Bertz CT molecular complexity index is 499. The van der Waals surface area contributed by atoms with Crippen molar-refractivity contribution >= 4 is 0 Å². The van der Waals surface area contributed by atoms with Gasteiger partial charge < -0.3 is 10.3 Å². The molecule has 2 unspecified atom stereocenters. The summed E-state index contributed by atoms with van der Waals surface area (Å²) in [7, 11) is 0. The van der Waals surface area contributed by atoms with Crippen molar-refractivity contribution in [3.63, 3.8) is 0 Å². The molecule has 0 saturated carbocycles. The van der Waals surface area contributed by atoms with Crippen molar-refractivity contribution in [3.8, 4) is 0 Å². The fraction of sp³-hybridized carbons (Fsp3) is 0.400. The summed E-state index contributed by atoms with van der Waals surface area (Å²) in [5.41, 5.74) is 8.86. The van der Waals surface area contributed by atoms with Crippen LogP contribution in [0.3, 0.4) is 0 Å². The molecule has 0 aliphatic carbocycles. The van der Waals surface area contributed by atoms with E-state index in [-0.39, 0.29) is 12.1 Å². The summed E-state index contributed by atoms with van der Waals surface area (Å²) in [5, 5.41) is 0. The number of hydrogen-bond acceptors (Lipinski definition) is 2. The predicted molar refractivity (Wildman–Crippen MR) is 74.4 cm³/mol. The molecule has 0 aliphatic rings. The number of nitrogens with two attached hydrogens (primary N) is 1. The van der Waals surface area contributed by atoms with Crippen molar-refractivity contribution in [2.75, 3.05) is 0 Å². The highest BCUT2D eigenvalue weighted by molar-refractivity contribution is 5.25. The molecule has 0 spiro atoms. The van der Waals surface area contributed by atoms with E-state index >= 15 is 0 Å². The number of hydrogen-bond donors (Lipinski definition) is 1. The molecule has 1 heterocycles. The van der Waals surface area contributed by atoms with E-state index in [1.54, 1.807) is 0 Å².